The van der Waals surface area contributed by atoms with Gasteiger partial charge in [-0.2, -0.15) is 5.26 Å². The second kappa shape index (κ2) is 8.88. The Morgan fingerprint density at radius 2 is 1.82 bits per heavy atom. The lowest BCUT2D eigenvalue weighted by Crippen LogP contribution is -2.13. The number of fused-ring (bicyclic) bond motifs is 1. The number of methoxy groups -OCH3 is 1. The summed E-state index contributed by atoms with van der Waals surface area (Å²) in [5.74, 6) is 5.52. The van der Waals surface area contributed by atoms with E-state index in [1.807, 2.05) is 6.07 Å². The number of hydrogen-bond acceptors (Lipinski definition) is 7. The Kier molecular flexibility index (Phi) is 5.66. The second-order valence-corrected chi connectivity index (χ2v) is 6.74. The lowest BCUT2D eigenvalue weighted by atomic mass is 10.1. The van der Waals surface area contributed by atoms with Crippen LogP contribution >= 0.6 is 0 Å². The molecule has 10 heteroatoms. The Morgan fingerprint density at radius 3 is 2.52 bits per heavy atom. The molecule has 160 valence electrons. The number of carbonyl (C=O) groups is 2. The Bertz CT molecular complexity index is 1490. The molecule has 0 aliphatic carbocycles. The Morgan fingerprint density at radius 1 is 1.06 bits per heavy atom. The minimum Gasteiger partial charge on any atom is -0.480 e. The first-order chi connectivity index (χ1) is 16.0. The van der Waals surface area contributed by atoms with Crippen LogP contribution < -0.4 is 15.8 Å². The van der Waals surface area contributed by atoms with E-state index in [9.17, 15) is 14.9 Å². The molecular formula is C23H15N7O3. The van der Waals surface area contributed by atoms with Crippen LogP contribution in [-0.2, 0) is 0 Å². The van der Waals surface area contributed by atoms with Gasteiger partial charge < -0.3 is 15.8 Å². The molecule has 2 aromatic heterocycles. The highest BCUT2D eigenvalue weighted by atomic mass is 16.5. The fraction of sp³-hybridized carbons (Fsp3) is 0.0435. The van der Waals surface area contributed by atoms with Crippen LogP contribution in [0.2, 0.25) is 0 Å². The highest BCUT2D eigenvalue weighted by Crippen LogP contribution is 2.15. The van der Waals surface area contributed by atoms with Gasteiger partial charge in [0.2, 0.25) is 17.6 Å². The number of ether oxygens (including phenoxy) is 1. The number of anilines is 1. The van der Waals surface area contributed by atoms with E-state index in [0.717, 1.165) is 0 Å². The Balaban J connectivity index is 1.62. The number of primary amides is 1. The first kappa shape index (κ1) is 21.0. The largest absolute Gasteiger partial charge is 0.480 e. The van der Waals surface area contributed by atoms with Crippen molar-refractivity contribution in [3.05, 3.63) is 82.9 Å². The van der Waals surface area contributed by atoms with E-state index in [1.54, 1.807) is 34.9 Å². The molecule has 3 N–H and O–H groups in total. The standard InChI is InChI=1S/C23H15N7O3/c1-33-21-13-30-19(28-29-20(30)12-26-21)7-2-14-8-15(11-24)10-17(9-14)23(32)27-18-5-3-16(4-6-18)22(25)31/h3-6,8-10,12-13H,1H3,(H2,25,31)(H,27,32). The molecule has 0 saturated heterocycles. The molecule has 0 bridgehead atoms. The average Bonchev–Trinajstić information content (AvgIpc) is 3.24. The Hall–Kier alpha value is -5.22. The molecule has 0 aliphatic heterocycles. The van der Waals surface area contributed by atoms with Crippen molar-refractivity contribution in [2.75, 3.05) is 12.4 Å². The summed E-state index contributed by atoms with van der Waals surface area (Å²) in [6, 6.07) is 12.8. The predicted octanol–water partition coefficient (Wildman–Crippen LogP) is 1.76. The number of nitrogens with two attached hydrogens (primary N) is 1. The third-order valence-electron chi connectivity index (χ3n) is 4.55. The number of amides is 2. The van der Waals surface area contributed by atoms with E-state index in [0.29, 0.717) is 34.2 Å². The van der Waals surface area contributed by atoms with Gasteiger partial charge in [0.15, 0.2) is 5.65 Å². The summed E-state index contributed by atoms with van der Waals surface area (Å²) in [7, 11) is 1.50. The molecule has 2 heterocycles. The molecule has 0 atom stereocenters. The SMILES string of the molecule is COc1cn2c(C#Cc3cc(C#N)cc(C(=O)Nc4ccc(C(N)=O)cc4)c3)nnc2cn1. The van der Waals surface area contributed by atoms with E-state index in [1.165, 1.54) is 31.5 Å². The number of nitrogens with one attached hydrogen (secondary N) is 1. The summed E-state index contributed by atoms with van der Waals surface area (Å²) >= 11 is 0. The third kappa shape index (κ3) is 4.60. The summed E-state index contributed by atoms with van der Waals surface area (Å²) in [6.45, 7) is 0. The highest BCUT2D eigenvalue weighted by Gasteiger charge is 2.10. The van der Waals surface area contributed by atoms with E-state index >= 15 is 0 Å². The maximum Gasteiger partial charge on any atom is 0.255 e. The van der Waals surface area contributed by atoms with Crippen LogP contribution in [0.3, 0.4) is 0 Å². The van der Waals surface area contributed by atoms with E-state index in [4.69, 9.17) is 10.5 Å². The van der Waals surface area contributed by atoms with Crippen LogP contribution in [-0.4, -0.2) is 38.5 Å². The van der Waals surface area contributed by atoms with Crippen LogP contribution in [0.15, 0.2) is 54.9 Å². The summed E-state index contributed by atoms with van der Waals surface area (Å²) in [5, 5.41) is 20.1. The number of nitrogens with zero attached hydrogens (tertiary/aromatic N) is 5. The minimum atomic E-state index is -0.562. The minimum absolute atomic E-state index is 0.245. The molecule has 0 radical (unpaired) electrons. The van der Waals surface area contributed by atoms with Crippen molar-refractivity contribution in [3.8, 4) is 23.8 Å². The monoisotopic (exact) mass is 437 g/mol. The van der Waals surface area contributed by atoms with Crippen molar-refractivity contribution in [3.63, 3.8) is 0 Å². The summed E-state index contributed by atoms with van der Waals surface area (Å²) < 4.78 is 6.73. The smallest absolute Gasteiger partial charge is 0.255 e. The van der Waals surface area contributed by atoms with E-state index in [2.05, 4.69) is 32.3 Å². The molecule has 4 rings (SSSR count). The van der Waals surface area contributed by atoms with Gasteiger partial charge in [-0.15, -0.1) is 10.2 Å². The van der Waals surface area contributed by atoms with Crippen molar-refractivity contribution >= 4 is 23.1 Å². The Labute approximate surface area is 187 Å². The molecule has 0 unspecified atom stereocenters. The van der Waals surface area contributed by atoms with Crippen LogP contribution in [0.5, 0.6) is 5.88 Å². The van der Waals surface area contributed by atoms with Gasteiger partial charge in [0.25, 0.3) is 5.91 Å². The van der Waals surface area contributed by atoms with Crippen LogP contribution in [0.1, 0.15) is 37.7 Å². The van der Waals surface area contributed by atoms with Gasteiger partial charge in [0.1, 0.15) is 0 Å². The van der Waals surface area contributed by atoms with Crippen molar-refractivity contribution in [2.45, 2.75) is 0 Å². The second-order valence-electron chi connectivity index (χ2n) is 6.74. The lowest BCUT2D eigenvalue weighted by Gasteiger charge is -2.07. The van der Waals surface area contributed by atoms with Gasteiger partial charge in [-0.25, -0.2) is 4.98 Å². The van der Waals surface area contributed by atoms with Gasteiger partial charge in [-0.3, -0.25) is 14.0 Å². The highest BCUT2D eigenvalue weighted by molar-refractivity contribution is 6.05. The van der Waals surface area contributed by atoms with Gasteiger partial charge in [-0.05, 0) is 48.4 Å². The van der Waals surface area contributed by atoms with Crippen LogP contribution in [0.25, 0.3) is 5.65 Å². The number of carbonyl (C=O) groups excluding carboxylic acids is 2. The van der Waals surface area contributed by atoms with Gasteiger partial charge in [0, 0.05) is 22.4 Å². The summed E-state index contributed by atoms with van der Waals surface area (Å²) in [5.41, 5.74) is 7.48. The molecule has 2 amide bonds. The molecule has 2 aromatic carbocycles. The number of rotatable bonds is 4. The van der Waals surface area contributed by atoms with Crippen LogP contribution in [0, 0.1) is 23.2 Å². The van der Waals surface area contributed by atoms with Crippen molar-refractivity contribution < 1.29 is 14.3 Å². The zero-order valence-corrected chi connectivity index (χ0v) is 17.2. The fourth-order valence-electron chi connectivity index (χ4n) is 2.92. The van der Waals surface area contributed by atoms with E-state index in [-0.39, 0.29) is 11.1 Å². The molecule has 10 nitrogen and oxygen atoms in total. The summed E-state index contributed by atoms with van der Waals surface area (Å²) in [6.07, 6.45) is 3.11. The van der Waals surface area contributed by atoms with Crippen molar-refractivity contribution in [2.24, 2.45) is 5.73 Å². The van der Waals surface area contributed by atoms with Crippen molar-refractivity contribution in [1.29, 1.82) is 5.26 Å². The fourth-order valence-corrected chi connectivity index (χ4v) is 2.92. The topological polar surface area (TPSA) is 148 Å². The maximum atomic E-state index is 12.7. The maximum absolute atomic E-state index is 12.7. The zero-order chi connectivity index (χ0) is 23.4. The average molecular weight is 437 g/mol. The summed E-state index contributed by atoms with van der Waals surface area (Å²) in [4.78, 5) is 28.0. The normalized spacial score (nSPS) is 10.1. The molecule has 33 heavy (non-hydrogen) atoms. The molecule has 0 fully saturated rings. The first-order valence-corrected chi connectivity index (χ1v) is 9.50. The lowest BCUT2D eigenvalue weighted by molar-refractivity contribution is 0.0998. The molecule has 4 aromatic rings. The quantitative estimate of drug-likeness (QED) is 0.462. The predicted molar refractivity (Wildman–Crippen MR) is 117 cm³/mol. The van der Waals surface area contributed by atoms with Crippen LogP contribution in [0.4, 0.5) is 5.69 Å². The van der Waals surface area contributed by atoms with Gasteiger partial charge >= 0.3 is 0 Å². The number of nitriles is 1. The molecular weight excluding hydrogens is 422 g/mol. The first-order valence-electron chi connectivity index (χ1n) is 9.50. The molecule has 0 spiro atoms. The molecule has 0 aliphatic rings. The number of aromatic nitrogens is 4. The van der Waals surface area contributed by atoms with Gasteiger partial charge in [0.05, 0.1) is 31.1 Å². The van der Waals surface area contributed by atoms with Crippen molar-refractivity contribution in [1.82, 2.24) is 19.6 Å². The van der Waals surface area contributed by atoms with Gasteiger partial charge in [-0.1, -0.05) is 5.92 Å². The zero-order valence-electron chi connectivity index (χ0n) is 17.2. The number of benzene rings is 2. The number of hydrogen-bond donors (Lipinski definition) is 2. The van der Waals surface area contributed by atoms with E-state index < -0.39 is 11.8 Å². The molecule has 0 saturated carbocycles. The third-order valence-corrected chi connectivity index (χ3v) is 4.55.